The van der Waals surface area contributed by atoms with E-state index in [0.29, 0.717) is 6.61 Å². The van der Waals surface area contributed by atoms with Crippen molar-refractivity contribution in [3.63, 3.8) is 0 Å². The van der Waals surface area contributed by atoms with E-state index in [0.717, 1.165) is 23.1 Å². The van der Waals surface area contributed by atoms with Crippen molar-refractivity contribution < 1.29 is 14.6 Å². The molecule has 0 spiro atoms. The first-order valence-electron chi connectivity index (χ1n) is 5.03. The number of hydrogen-bond acceptors (Lipinski definition) is 3. The Bertz CT molecular complexity index is 402. The van der Waals surface area contributed by atoms with Crippen molar-refractivity contribution in [1.29, 1.82) is 0 Å². The molecular formula is C11H12BrNO3. The molecule has 0 radical (unpaired) electrons. The van der Waals surface area contributed by atoms with Gasteiger partial charge in [0.25, 0.3) is 0 Å². The quantitative estimate of drug-likeness (QED) is 0.870. The summed E-state index contributed by atoms with van der Waals surface area (Å²) in [6, 6.07) is 5.14. The van der Waals surface area contributed by atoms with Crippen molar-refractivity contribution in [3.8, 4) is 0 Å². The molecule has 1 aromatic carbocycles. The maximum absolute atomic E-state index is 10.9. The van der Waals surface area contributed by atoms with Crippen LogP contribution in [-0.2, 0) is 4.74 Å². The maximum Gasteiger partial charge on any atom is 0.335 e. The van der Waals surface area contributed by atoms with E-state index in [1.807, 2.05) is 6.07 Å². The lowest BCUT2D eigenvalue weighted by molar-refractivity contribution is 0.0276. The van der Waals surface area contributed by atoms with E-state index in [-0.39, 0.29) is 11.7 Å². The number of carboxylic acids is 1. The van der Waals surface area contributed by atoms with Crippen molar-refractivity contribution in [3.05, 3.63) is 33.8 Å². The van der Waals surface area contributed by atoms with E-state index in [1.165, 1.54) is 0 Å². The second-order valence-corrected chi connectivity index (χ2v) is 4.56. The number of aromatic carboxylic acids is 1. The van der Waals surface area contributed by atoms with E-state index in [2.05, 4.69) is 21.2 Å². The smallest absolute Gasteiger partial charge is 0.335 e. The van der Waals surface area contributed by atoms with Crippen LogP contribution in [0.25, 0.3) is 0 Å². The van der Waals surface area contributed by atoms with Crippen molar-refractivity contribution in [2.75, 3.05) is 19.7 Å². The molecule has 1 unspecified atom stereocenters. The van der Waals surface area contributed by atoms with Gasteiger partial charge in [0.2, 0.25) is 0 Å². The van der Waals surface area contributed by atoms with E-state index in [4.69, 9.17) is 9.84 Å². The molecule has 0 amide bonds. The zero-order chi connectivity index (χ0) is 11.5. The summed E-state index contributed by atoms with van der Waals surface area (Å²) in [4.78, 5) is 10.9. The molecule has 1 fully saturated rings. The lowest BCUT2D eigenvalue weighted by Crippen LogP contribution is -2.33. The molecule has 16 heavy (non-hydrogen) atoms. The molecule has 0 saturated carbocycles. The monoisotopic (exact) mass is 285 g/mol. The third-order valence-corrected chi connectivity index (χ3v) is 2.92. The van der Waals surface area contributed by atoms with Gasteiger partial charge in [-0.15, -0.1) is 0 Å². The molecule has 1 atom stereocenters. The molecule has 1 saturated heterocycles. The Morgan fingerprint density at radius 1 is 1.50 bits per heavy atom. The molecule has 86 valence electrons. The minimum atomic E-state index is -0.925. The number of nitrogens with one attached hydrogen (secondary N) is 1. The molecule has 1 aliphatic heterocycles. The van der Waals surface area contributed by atoms with Gasteiger partial charge in [0.1, 0.15) is 0 Å². The fraction of sp³-hybridized carbons (Fsp3) is 0.364. The fourth-order valence-corrected chi connectivity index (χ4v) is 2.21. The molecule has 2 N–H and O–H groups in total. The summed E-state index contributed by atoms with van der Waals surface area (Å²) < 4.78 is 6.34. The van der Waals surface area contributed by atoms with Crippen molar-refractivity contribution in [2.45, 2.75) is 6.10 Å². The zero-order valence-corrected chi connectivity index (χ0v) is 10.2. The second-order valence-electron chi connectivity index (χ2n) is 3.64. The number of benzene rings is 1. The third-order valence-electron chi connectivity index (χ3n) is 2.47. The normalized spacial score (nSPS) is 20.7. The first kappa shape index (κ1) is 11.6. The number of carbonyl (C=O) groups is 1. The first-order chi connectivity index (χ1) is 7.66. The van der Waals surface area contributed by atoms with Crippen LogP contribution in [0.4, 0.5) is 0 Å². The number of rotatable bonds is 2. The van der Waals surface area contributed by atoms with Crippen LogP contribution in [0.2, 0.25) is 0 Å². The van der Waals surface area contributed by atoms with Gasteiger partial charge >= 0.3 is 5.97 Å². The lowest BCUT2D eigenvalue weighted by atomic mass is 10.1. The number of morpholine rings is 1. The Morgan fingerprint density at radius 3 is 2.94 bits per heavy atom. The van der Waals surface area contributed by atoms with Gasteiger partial charge < -0.3 is 15.2 Å². The van der Waals surface area contributed by atoms with E-state index >= 15 is 0 Å². The van der Waals surface area contributed by atoms with Gasteiger partial charge in [0.15, 0.2) is 0 Å². The Labute approximate surface area is 102 Å². The van der Waals surface area contributed by atoms with Gasteiger partial charge in [-0.05, 0) is 23.8 Å². The lowest BCUT2D eigenvalue weighted by Gasteiger charge is -2.24. The molecular weight excluding hydrogens is 274 g/mol. The summed E-state index contributed by atoms with van der Waals surface area (Å²) in [5.41, 5.74) is 1.16. The molecule has 1 aliphatic rings. The third kappa shape index (κ3) is 2.61. The van der Waals surface area contributed by atoms with Gasteiger partial charge in [0, 0.05) is 17.6 Å². The van der Waals surface area contributed by atoms with Gasteiger partial charge in [-0.1, -0.05) is 15.9 Å². The van der Waals surface area contributed by atoms with Gasteiger partial charge in [-0.25, -0.2) is 4.79 Å². The summed E-state index contributed by atoms with van der Waals surface area (Å²) in [5.74, 6) is -0.925. The topological polar surface area (TPSA) is 58.6 Å². The molecule has 0 aromatic heterocycles. The van der Waals surface area contributed by atoms with Crippen LogP contribution in [0.5, 0.6) is 0 Å². The first-order valence-corrected chi connectivity index (χ1v) is 5.82. The zero-order valence-electron chi connectivity index (χ0n) is 8.57. The van der Waals surface area contributed by atoms with Gasteiger partial charge in [0.05, 0.1) is 18.3 Å². The van der Waals surface area contributed by atoms with Crippen LogP contribution in [0.15, 0.2) is 22.7 Å². The largest absolute Gasteiger partial charge is 0.478 e. The number of carboxylic acid groups (broad SMARTS) is 1. The van der Waals surface area contributed by atoms with Crippen molar-refractivity contribution in [1.82, 2.24) is 5.32 Å². The van der Waals surface area contributed by atoms with Crippen LogP contribution >= 0.6 is 15.9 Å². The van der Waals surface area contributed by atoms with Gasteiger partial charge in [-0.3, -0.25) is 0 Å². The predicted octanol–water partition coefficient (Wildman–Crippen LogP) is 1.81. The van der Waals surface area contributed by atoms with Crippen molar-refractivity contribution >= 4 is 21.9 Å². The molecule has 5 heteroatoms. The molecule has 1 heterocycles. The number of hydrogen-bond donors (Lipinski definition) is 2. The molecule has 0 bridgehead atoms. The van der Waals surface area contributed by atoms with Crippen LogP contribution in [-0.4, -0.2) is 30.8 Å². The Balaban J connectivity index is 2.28. The number of ether oxygens (including phenoxy) is 1. The Kier molecular flexibility index (Phi) is 3.58. The van der Waals surface area contributed by atoms with E-state index in [9.17, 15) is 4.79 Å². The number of halogens is 1. The Hall–Kier alpha value is -0.910. The SMILES string of the molecule is O=C(O)c1cc(Br)cc(C2CNCCO2)c1. The summed E-state index contributed by atoms with van der Waals surface area (Å²) in [6.07, 6.45) is -0.0654. The van der Waals surface area contributed by atoms with Crippen LogP contribution in [0, 0.1) is 0 Å². The maximum atomic E-state index is 10.9. The fourth-order valence-electron chi connectivity index (χ4n) is 1.70. The summed E-state index contributed by atoms with van der Waals surface area (Å²) in [7, 11) is 0. The summed E-state index contributed by atoms with van der Waals surface area (Å²) in [5, 5.41) is 12.2. The predicted molar refractivity (Wildman–Crippen MR) is 62.7 cm³/mol. The van der Waals surface area contributed by atoms with Crippen molar-refractivity contribution in [2.24, 2.45) is 0 Å². The minimum absolute atomic E-state index is 0.0654. The van der Waals surface area contributed by atoms with Crippen LogP contribution in [0.1, 0.15) is 22.0 Å². The summed E-state index contributed by atoms with van der Waals surface area (Å²) in [6.45, 7) is 2.21. The molecule has 4 nitrogen and oxygen atoms in total. The Morgan fingerprint density at radius 2 is 2.31 bits per heavy atom. The van der Waals surface area contributed by atoms with E-state index in [1.54, 1.807) is 12.1 Å². The highest BCUT2D eigenvalue weighted by Gasteiger charge is 2.17. The highest BCUT2D eigenvalue weighted by Crippen LogP contribution is 2.24. The summed E-state index contributed by atoms with van der Waals surface area (Å²) >= 11 is 3.31. The van der Waals surface area contributed by atoms with Gasteiger partial charge in [-0.2, -0.15) is 0 Å². The van der Waals surface area contributed by atoms with E-state index < -0.39 is 5.97 Å². The van der Waals surface area contributed by atoms with Crippen LogP contribution in [0.3, 0.4) is 0 Å². The highest BCUT2D eigenvalue weighted by atomic mass is 79.9. The standard InChI is InChI=1S/C11H12BrNO3/c12-9-4-7(3-8(5-9)11(14)15)10-6-13-1-2-16-10/h3-5,10,13H,1-2,6H2,(H,14,15). The minimum Gasteiger partial charge on any atom is -0.478 e. The molecule has 0 aliphatic carbocycles. The highest BCUT2D eigenvalue weighted by molar-refractivity contribution is 9.10. The molecule has 2 rings (SSSR count). The van der Waals surface area contributed by atoms with Crippen LogP contribution < -0.4 is 5.32 Å². The second kappa shape index (κ2) is 4.95. The average molecular weight is 286 g/mol. The molecule has 1 aromatic rings. The average Bonchev–Trinajstić information content (AvgIpc) is 2.29.